The molecule has 0 aliphatic heterocycles. The molecule has 0 spiro atoms. The molecular formula is C12H14Br2ClNO. The van der Waals surface area contributed by atoms with Crippen molar-refractivity contribution in [2.24, 2.45) is 0 Å². The van der Waals surface area contributed by atoms with Crippen LogP contribution in [-0.2, 0) is 0 Å². The van der Waals surface area contributed by atoms with Crippen molar-refractivity contribution in [3.8, 4) is 0 Å². The minimum absolute atomic E-state index is 0.0518. The highest BCUT2D eigenvalue weighted by Gasteiger charge is 2.09. The van der Waals surface area contributed by atoms with E-state index in [0.717, 1.165) is 28.2 Å². The van der Waals surface area contributed by atoms with Crippen molar-refractivity contribution in [1.82, 2.24) is 5.32 Å². The third kappa shape index (κ3) is 5.40. The van der Waals surface area contributed by atoms with Crippen LogP contribution >= 0.6 is 43.5 Å². The first-order valence-electron chi connectivity index (χ1n) is 5.44. The fourth-order valence-electron chi connectivity index (χ4n) is 1.36. The van der Waals surface area contributed by atoms with Gasteiger partial charge in [-0.3, -0.25) is 4.79 Å². The molecule has 0 aliphatic carbocycles. The molecule has 0 heterocycles. The maximum atomic E-state index is 11.9. The molecule has 5 heteroatoms. The summed E-state index contributed by atoms with van der Waals surface area (Å²) < 4.78 is 1.70. The van der Waals surface area contributed by atoms with Crippen LogP contribution in [0.4, 0.5) is 0 Å². The number of amides is 1. The third-order valence-electron chi connectivity index (χ3n) is 2.27. The van der Waals surface area contributed by atoms with E-state index in [2.05, 4.69) is 37.2 Å². The van der Waals surface area contributed by atoms with Crippen LogP contribution in [0.3, 0.4) is 0 Å². The van der Waals surface area contributed by atoms with E-state index >= 15 is 0 Å². The van der Waals surface area contributed by atoms with Gasteiger partial charge in [0.2, 0.25) is 0 Å². The molecule has 2 nitrogen and oxygen atoms in total. The van der Waals surface area contributed by atoms with Gasteiger partial charge >= 0.3 is 0 Å². The summed E-state index contributed by atoms with van der Waals surface area (Å²) in [5.74, 6) is 0.634. The van der Waals surface area contributed by atoms with E-state index in [1.807, 2.05) is 12.1 Å². The fraction of sp³-hybridized carbons (Fsp3) is 0.417. The highest BCUT2D eigenvalue weighted by molar-refractivity contribution is 9.11. The van der Waals surface area contributed by atoms with E-state index in [4.69, 9.17) is 11.6 Å². The average molecular weight is 384 g/mol. The van der Waals surface area contributed by atoms with Crippen LogP contribution in [0.1, 0.15) is 29.6 Å². The van der Waals surface area contributed by atoms with Gasteiger partial charge in [-0.05, 0) is 47.0 Å². The molecule has 0 unspecified atom stereocenters. The molecule has 0 fully saturated rings. The minimum Gasteiger partial charge on any atom is -0.352 e. The zero-order valence-electron chi connectivity index (χ0n) is 9.31. The van der Waals surface area contributed by atoms with Crippen molar-refractivity contribution in [1.29, 1.82) is 0 Å². The number of benzene rings is 1. The van der Waals surface area contributed by atoms with Crippen LogP contribution in [0.5, 0.6) is 0 Å². The number of nitrogens with one attached hydrogen (secondary N) is 1. The molecule has 94 valence electrons. The van der Waals surface area contributed by atoms with Gasteiger partial charge < -0.3 is 5.32 Å². The largest absolute Gasteiger partial charge is 0.352 e. The third-order valence-corrected chi connectivity index (χ3v) is 3.72. The van der Waals surface area contributed by atoms with E-state index < -0.39 is 0 Å². The Kier molecular flexibility index (Phi) is 7.16. The number of alkyl halides is 1. The lowest BCUT2D eigenvalue weighted by Gasteiger charge is -2.07. The summed E-state index contributed by atoms with van der Waals surface area (Å²) in [7, 11) is 0. The smallest absolute Gasteiger partial charge is 0.252 e. The molecule has 17 heavy (non-hydrogen) atoms. The lowest BCUT2D eigenvalue weighted by molar-refractivity contribution is 0.0952. The van der Waals surface area contributed by atoms with Crippen molar-refractivity contribution >= 4 is 49.4 Å². The number of hydrogen-bond acceptors (Lipinski definition) is 1. The molecule has 1 aromatic carbocycles. The predicted octanol–water partition coefficient (Wildman–Crippen LogP) is 4.35. The number of rotatable bonds is 6. The van der Waals surface area contributed by atoms with Crippen LogP contribution < -0.4 is 5.32 Å². The van der Waals surface area contributed by atoms with Gasteiger partial charge in [0.15, 0.2) is 0 Å². The SMILES string of the molecule is O=C(NCCCCCCl)c1cc(Br)ccc1Br. The van der Waals surface area contributed by atoms with E-state index in [-0.39, 0.29) is 5.91 Å². The number of unbranched alkanes of at least 4 members (excludes halogenated alkanes) is 2. The van der Waals surface area contributed by atoms with Gasteiger partial charge in [0.05, 0.1) is 5.56 Å². The van der Waals surface area contributed by atoms with Gasteiger partial charge in [0.1, 0.15) is 0 Å². The highest BCUT2D eigenvalue weighted by Crippen LogP contribution is 2.21. The number of halogens is 3. The maximum absolute atomic E-state index is 11.9. The lowest BCUT2D eigenvalue weighted by atomic mass is 10.2. The number of carbonyl (C=O) groups is 1. The van der Waals surface area contributed by atoms with E-state index in [9.17, 15) is 4.79 Å². The first kappa shape index (κ1) is 15.0. The second kappa shape index (κ2) is 8.11. The Morgan fingerprint density at radius 3 is 2.71 bits per heavy atom. The molecule has 0 saturated heterocycles. The Hall–Kier alpha value is -0.0600. The van der Waals surface area contributed by atoms with E-state index in [1.165, 1.54) is 0 Å². The van der Waals surface area contributed by atoms with Crippen molar-refractivity contribution in [2.45, 2.75) is 19.3 Å². The normalized spacial score (nSPS) is 10.3. The van der Waals surface area contributed by atoms with Crippen LogP contribution in [0.25, 0.3) is 0 Å². The maximum Gasteiger partial charge on any atom is 0.252 e. The van der Waals surface area contributed by atoms with Crippen molar-refractivity contribution in [3.05, 3.63) is 32.7 Å². The minimum atomic E-state index is -0.0518. The topological polar surface area (TPSA) is 29.1 Å². The van der Waals surface area contributed by atoms with E-state index in [0.29, 0.717) is 18.0 Å². The summed E-state index contributed by atoms with van der Waals surface area (Å²) in [5, 5.41) is 2.89. The van der Waals surface area contributed by atoms with Crippen LogP contribution in [0.2, 0.25) is 0 Å². The summed E-state index contributed by atoms with van der Waals surface area (Å²) in [6, 6.07) is 5.55. The Balaban J connectivity index is 2.44. The summed E-state index contributed by atoms with van der Waals surface area (Å²) in [4.78, 5) is 11.9. The predicted molar refractivity (Wildman–Crippen MR) is 78.7 cm³/mol. The number of hydrogen-bond donors (Lipinski definition) is 1. The first-order valence-corrected chi connectivity index (χ1v) is 7.56. The molecule has 0 saturated carbocycles. The highest BCUT2D eigenvalue weighted by atomic mass is 79.9. The van der Waals surface area contributed by atoms with Crippen molar-refractivity contribution < 1.29 is 4.79 Å². The molecular weight excluding hydrogens is 369 g/mol. The average Bonchev–Trinajstić information content (AvgIpc) is 2.32. The van der Waals surface area contributed by atoms with Gasteiger partial charge in [-0.25, -0.2) is 0 Å². The van der Waals surface area contributed by atoms with Gasteiger partial charge in [-0.15, -0.1) is 11.6 Å². The van der Waals surface area contributed by atoms with Crippen LogP contribution in [-0.4, -0.2) is 18.3 Å². The second-order valence-electron chi connectivity index (χ2n) is 3.63. The van der Waals surface area contributed by atoms with Crippen LogP contribution in [0.15, 0.2) is 27.1 Å². The summed E-state index contributed by atoms with van der Waals surface area (Å²) in [5.41, 5.74) is 0.650. The lowest BCUT2D eigenvalue weighted by Crippen LogP contribution is -2.24. The Bertz CT molecular complexity index is 385. The molecule has 1 amide bonds. The van der Waals surface area contributed by atoms with Crippen molar-refractivity contribution in [2.75, 3.05) is 12.4 Å². The molecule has 0 aliphatic rings. The zero-order chi connectivity index (χ0) is 12.7. The van der Waals surface area contributed by atoms with Gasteiger partial charge in [-0.1, -0.05) is 22.4 Å². The molecule has 1 aromatic rings. The van der Waals surface area contributed by atoms with Gasteiger partial charge in [0.25, 0.3) is 5.91 Å². The van der Waals surface area contributed by atoms with Crippen LogP contribution in [0, 0.1) is 0 Å². The summed E-state index contributed by atoms with van der Waals surface area (Å²) in [6.07, 6.45) is 3.01. The number of carbonyl (C=O) groups excluding carboxylic acids is 1. The Morgan fingerprint density at radius 2 is 2.00 bits per heavy atom. The van der Waals surface area contributed by atoms with Gasteiger partial charge in [-0.2, -0.15) is 0 Å². The monoisotopic (exact) mass is 381 g/mol. The Morgan fingerprint density at radius 1 is 1.24 bits per heavy atom. The van der Waals surface area contributed by atoms with Gasteiger partial charge in [0, 0.05) is 21.4 Å². The quantitative estimate of drug-likeness (QED) is 0.574. The zero-order valence-corrected chi connectivity index (χ0v) is 13.2. The molecule has 1 rings (SSSR count). The fourth-order valence-corrected chi connectivity index (χ4v) is 2.34. The molecule has 0 aromatic heterocycles. The molecule has 0 radical (unpaired) electrons. The second-order valence-corrected chi connectivity index (χ2v) is 5.78. The first-order chi connectivity index (χ1) is 8.15. The molecule has 1 N–H and O–H groups in total. The molecule has 0 bridgehead atoms. The van der Waals surface area contributed by atoms with Crippen molar-refractivity contribution in [3.63, 3.8) is 0 Å². The summed E-state index contributed by atoms with van der Waals surface area (Å²) >= 11 is 12.3. The standard InChI is InChI=1S/C12H14Br2ClNO/c13-9-4-5-11(14)10(8-9)12(17)16-7-3-1-2-6-15/h4-5,8H,1-3,6-7H2,(H,16,17). The summed E-state index contributed by atoms with van der Waals surface area (Å²) in [6.45, 7) is 0.689. The van der Waals surface area contributed by atoms with E-state index in [1.54, 1.807) is 6.07 Å². The Labute approximate surface area is 123 Å². The molecule has 0 atom stereocenters.